The fourth-order valence-corrected chi connectivity index (χ4v) is 5.11. The predicted molar refractivity (Wildman–Crippen MR) is 127 cm³/mol. The van der Waals surface area contributed by atoms with Crippen LogP contribution in [0.5, 0.6) is 5.88 Å². The molecule has 6 heterocycles. The van der Waals surface area contributed by atoms with Crippen molar-refractivity contribution >= 4 is 23.2 Å². The second-order valence-corrected chi connectivity index (χ2v) is 9.23. The number of anilines is 2. The average molecular weight is 491 g/mol. The van der Waals surface area contributed by atoms with Crippen LogP contribution in [-0.4, -0.2) is 46.0 Å². The minimum absolute atomic E-state index is 0.00683. The van der Waals surface area contributed by atoms with Gasteiger partial charge < -0.3 is 14.5 Å². The highest BCUT2D eigenvalue weighted by molar-refractivity contribution is 5.98. The number of ether oxygens (including phenoxy) is 1. The zero-order valence-electron chi connectivity index (χ0n) is 19.4. The topological polar surface area (TPSA) is 88.5 Å². The second kappa shape index (κ2) is 8.92. The standard InChI is InChI=1S/C26H23F2N5O3/c27-25(28)19-10-16(8-15-9-22-26(31-11-15)36-14-18-4-6-24(35)33(18)22)29-13-20(19)21-5-3-17(12-30-21)32-7-1-2-23(32)34/h3,5,9-13,18,25H,1-2,4,6-8,14H2/t18-/m0/s1. The molecule has 0 bridgehead atoms. The summed E-state index contributed by atoms with van der Waals surface area (Å²) in [4.78, 5) is 40.8. The molecule has 0 radical (unpaired) electrons. The first-order valence-electron chi connectivity index (χ1n) is 12.0. The van der Waals surface area contributed by atoms with Crippen molar-refractivity contribution in [1.82, 2.24) is 15.0 Å². The van der Waals surface area contributed by atoms with Gasteiger partial charge in [0.1, 0.15) is 12.3 Å². The van der Waals surface area contributed by atoms with Crippen LogP contribution < -0.4 is 14.5 Å². The van der Waals surface area contributed by atoms with E-state index in [1.54, 1.807) is 28.1 Å². The number of amides is 2. The van der Waals surface area contributed by atoms with Crippen LogP contribution >= 0.6 is 0 Å². The van der Waals surface area contributed by atoms with Crippen molar-refractivity contribution in [2.45, 2.75) is 44.6 Å². The molecule has 2 amide bonds. The van der Waals surface area contributed by atoms with E-state index in [0.29, 0.717) is 54.6 Å². The van der Waals surface area contributed by atoms with Crippen LogP contribution in [0.4, 0.5) is 20.2 Å². The summed E-state index contributed by atoms with van der Waals surface area (Å²) < 4.78 is 33.8. The molecule has 1 atom stereocenters. The van der Waals surface area contributed by atoms with Crippen molar-refractivity contribution in [2.24, 2.45) is 0 Å². The van der Waals surface area contributed by atoms with Gasteiger partial charge in [-0.1, -0.05) is 0 Å². The molecule has 10 heteroatoms. The zero-order valence-corrected chi connectivity index (χ0v) is 19.4. The Morgan fingerprint density at radius 1 is 1.03 bits per heavy atom. The fourth-order valence-electron chi connectivity index (χ4n) is 5.11. The van der Waals surface area contributed by atoms with E-state index in [1.807, 2.05) is 6.07 Å². The molecule has 0 saturated carbocycles. The molecule has 0 spiro atoms. The lowest BCUT2D eigenvalue weighted by Crippen LogP contribution is -2.40. The number of pyridine rings is 3. The maximum Gasteiger partial charge on any atom is 0.264 e. The predicted octanol–water partition coefficient (Wildman–Crippen LogP) is 4.08. The molecule has 3 aliphatic rings. The van der Waals surface area contributed by atoms with Crippen molar-refractivity contribution in [1.29, 1.82) is 0 Å². The quantitative estimate of drug-likeness (QED) is 0.535. The molecule has 0 aliphatic carbocycles. The number of carbonyl (C=O) groups is 2. The number of carbonyl (C=O) groups excluding carboxylic acids is 2. The van der Waals surface area contributed by atoms with Gasteiger partial charge in [0.2, 0.25) is 17.7 Å². The molecule has 3 aromatic rings. The largest absolute Gasteiger partial charge is 0.474 e. The van der Waals surface area contributed by atoms with Crippen LogP contribution in [0.2, 0.25) is 0 Å². The second-order valence-electron chi connectivity index (χ2n) is 9.23. The van der Waals surface area contributed by atoms with Gasteiger partial charge in [0, 0.05) is 55.0 Å². The van der Waals surface area contributed by atoms with Crippen molar-refractivity contribution in [2.75, 3.05) is 23.0 Å². The molecule has 2 saturated heterocycles. The number of halogens is 2. The molecular formula is C26H23F2N5O3. The van der Waals surface area contributed by atoms with E-state index in [0.717, 1.165) is 18.4 Å². The average Bonchev–Trinajstić information content (AvgIpc) is 3.49. The summed E-state index contributed by atoms with van der Waals surface area (Å²) in [5, 5.41) is 0. The maximum absolute atomic E-state index is 14.0. The van der Waals surface area contributed by atoms with Crippen LogP contribution in [-0.2, 0) is 16.0 Å². The fraction of sp³-hybridized carbons (Fsp3) is 0.346. The lowest BCUT2D eigenvalue weighted by Gasteiger charge is -2.31. The van der Waals surface area contributed by atoms with Gasteiger partial charge in [0.05, 0.1) is 23.6 Å². The van der Waals surface area contributed by atoms with Crippen LogP contribution in [0.1, 0.15) is 48.9 Å². The first-order valence-corrected chi connectivity index (χ1v) is 12.0. The molecule has 3 aliphatic heterocycles. The lowest BCUT2D eigenvalue weighted by molar-refractivity contribution is -0.118. The molecule has 3 aromatic heterocycles. The SMILES string of the molecule is O=C1CCCN1c1ccc(-c2cnc(Cc3cnc4c(c3)N3C(=O)CC[C@H]3CO4)cc2C(F)F)nc1. The normalized spacial score (nSPS) is 19.0. The van der Waals surface area contributed by atoms with Crippen LogP contribution in [0.25, 0.3) is 11.3 Å². The summed E-state index contributed by atoms with van der Waals surface area (Å²) >= 11 is 0. The molecule has 0 unspecified atom stereocenters. The van der Waals surface area contributed by atoms with Gasteiger partial charge in [0.25, 0.3) is 6.43 Å². The van der Waals surface area contributed by atoms with Gasteiger partial charge in [-0.25, -0.2) is 13.8 Å². The highest BCUT2D eigenvalue weighted by Gasteiger charge is 2.38. The molecule has 0 N–H and O–H groups in total. The Kier molecular flexibility index (Phi) is 5.58. The summed E-state index contributed by atoms with van der Waals surface area (Å²) in [6.07, 6.45) is 4.64. The Bertz CT molecular complexity index is 1350. The molecular weight excluding hydrogens is 468 g/mol. The van der Waals surface area contributed by atoms with Gasteiger partial charge in [-0.15, -0.1) is 0 Å². The Morgan fingerprint density at radius 2 is 1.92 bits per heavy atom. The molecule has 0 aromatic carbocycles. The van der Waals surface area contributed by atoms with Crippen molar-refractivity contribution < 1.29 is 23.1 Å². The van der Waals surface area contributed by atoms with Crippen LogP contribution in [0.15, 0.2) is 42.9 Å². The number of alkyl halides is 2. The summed E-state index contributed by atoms with van der Waals surface area (Å²) in [6, 6.07) is 6.59. The highest BCUT2D eigenvalue weighted by atomic mass is 19.3. The number of aromatic nitrogens is 3. The molecule has 6 rings (SSSR count). The van der Waals surface area contributed by atoms with E-state index < -0.39 is 6.43 Å². The monoisotopic (exact) mass is 491 g/mol. The molecule has 36 heavy (non-hydrogen) atoms. The third-order valence-electron chi connectivity index (χ3n) is 6.91. The third kappa shape index (κ3) is 3.96. The Hall–Kier alpha value is -3.95. The summed E-state index contributed by atoms with van der Waals surface area (Å²) in [5.74, 6) is 0.488. The van der Waals surface area contributed by atoms with Crippen molar-refractivity contribution in [3.63, 3.8) is 0 Å². The number of nitrogens with zero attached hydrogens (tertiary/aromatic N) is 5. The van der Waals surface area contributed by atoms with E-state index in [4.69, 9.17) is 4.74 Å². The molecule has 184 valence electrons. The van der Waals surface area contributed by atoms with E-state index in [2.05, 4.69) is 15.0 Å². The minimum Gasteiger partial charge on any atom is -0.474 e. The van der Waals surface area contributed by atoms with E-state index in [9.17, 15) is 18.4 Å². The Morgan fingerprint density at radius 3 is 2.67 bits per heavy atom. The molecule has 2 fully saturated rings. The van der Waals surface area contributed by atoms with E-state index in [1.165, 1.54) is 18.5 Å². The number of fused-ring (bicyclic) bond motifs is 3. The maximum atomic E-state index is 14.0. The summed E-state index contributed by atoms with van der Waals surface area (Å²) in [7, 11) is 0. The summed E-state index contributed by atoms with van der Waals surface area (Å²) in [5.41, 5.74) is 2.93. The molecule has 8 nitrogen and oxygen atoms in total. The third-order valence-corrected chi connectivity index (χ3v) is 6.91. The zero-order chi connectivity index (χ0) is 24.8. The number of rotatable bonds is 5. The highest BCUT2D eigenvalue weighted by Crippen LogP contribution is 2.38. The minimum atomic E-state index is -2.72. The van der Waals surface area contributed by atoms with Gasteiger partial charge in [-0.3, -0.25) is 19.6 Å². The first kappa shape index (κ1) is 22.5. The Labute approximate surface area is 205 Å². The van der Waals surface area contributed by atoms with Crippen LogP contribution in [0, 0.1) is 0 Å². The van der Waals surface area contributed by atoms with Gasteiger partial charge in [-0.2, -0.15) is 0 Å². The first-order chi connectivity index (χ1) is 17.5. The lowest BCUT2D eigenvalue weighted by atomic mass is 10.0. The summed E-state index contributed by atoms with van der Waals surface area (Å²) in [6.45, 7) is 1.06. The van der Waals surface area contributed by atoms with Gasteiger partial charge in [-0.05, 0) is 42.7 Å². The Balaban J connectivity index is 1.27. The number of hydrogen-bond acceptors (Lipinski definition) is 6. The smallest absolute Gasteiger partial charge is 0.264 e. The van der Waals surface area contributed by atoms with E-state index in [-0.39, 0.29) is 35.4 Å². The van der Waals surface area contributed by atoms with Crippen molar-refractivity contribution in [3.8, 4) is 17.1 Å². The number of hydrogen-bond donors (Lipinski definition) is 0. The van der Waals surface area contributed by atoms with Gasteiger partial charge >= 0.3 is 0 Å². The van der Waals surface area contributed by atoms with E-state index >= 15 is 0 Å². The van der Waals surface area contributed by atoms with Crippen molar-refractivity contribution in [3.05, 3.63) is 59.7 Å². The van der Waals surface area contributed by atoms with Crippen LogP contribution in [0.3, 0.4) is 0 Å². The van der Waals surface area contributed by atoms with Gasteiger partial charge in [0.15, 0.2) is 0 Å².